The Bertz CT molecular complexity index is 608. The lowest BCUT2D eigenvalue weighted by molar-refractivity contribution is -0.131. The molecule has 2 N–H and O–H groups in total. The van der Waals surface area contributed by atoms with E-state index in [-0.39, 0.29) is 16.0 Å². The molecule has 0 radical (unpaired) electrons. The van der Waals surface area contributed by atoms with Gasteiger partial charge in [-0.25, -0.2) is 17.9 Å². The lowest BCUT2D eigenvalue weighted by Gasteiger charge is -2.11. The molecule has 0 amide bonds. The molecule has 0 aromatic heterocycles. The molecular formula is C12H14ClNO4S. The molecule has 0 saturated heterocycles. The smallest absolute Gasteiger partial charge is 0.328 e. The fourth-order valence-electron chi connectivity index (χ4n) is 1.38. The first-order valence-electron chi connectivity index (χ1n) is 5.45. The third kappa shape index (κ3) is 4.66. The van der Waals surface area contributed by atoms with Gasteiger partial charge in [0.05, 0.1) is 5.02 Å². The number of carboxylic acid groups (broad SMARTS) is 1. The summed E-state index contributed by atoms with van der Waals surface area (Å²) in [5.74, 6) is -1.09. The molecule has 0 atom stereocenters. The third-order valence-electron chi connectivity index (χ3n) is 2.05. The van der Waals surface area contributed by atoms with Crippen LogP contribution in [0.5, 0.6) is 0 Å². The summed E-state index contributed by atoms with van der Waals surface area (Å²) >= 11 is 5.91. The number of sulfonamides is 1. The van der Waals surface area contributed by atoms with E-state index < -0.39 is 16.0 Å². The van der Waals surface area contributed by atoms with E-state index >= 15 is 0 Å². The number of aliphatic carboxylic acids is 1. The van der Waals surface area contributed by atoms with Gasteiger partial charge < -0.3 is 5.11 Å². The normalized spacial score (nSPS) is 12.2. The molecule has 1 aromatic rings. The first-order chi connectivity index (χ1) is 8.72. The van der Waals surface area contributed by atoms with Gasteiger partial charge in [-0.1, -0.05) is 17.7 Å². The summed E-state index contributed by atoms with van der Waals surface area (Å²) in [6.45, 7) is 3.41. The Hall–Kier alpha value is -1.37. The minimum atomic E-state index is -3.66. The number of hydrogen-bond donors (Lipinski definition) is 2. The summed E-state index contributed by atoms with van der Waals surface area (Å²) in [6, 6.07) is 3.98. The lowest BCUT2D eigenvalue weighted by Crippen LogP contribution is -2.30. The zero-order valence-electron chi connectivity index (χ0n) is 10.4. The molecule has 0 aliphatic heterocycles. The minimum absolute atomic E-state index is 0.0321. The van der Waals surface area contributed by atoms with E-state index in [0.717, 1.165) is 6.08 Å². The van der Waals surface area contributed by atoms with Crippen molar-refractivity contribution >= 4 is 33.7 Å². The number of carboxylic acids is 1. The van der Waals surface area contributed by atoms with E-state index in [1.54, 1.807) is 13.8 Å². The van der Waals surface area contributed by atoms with Gasteiger partial charge in [-0.3, -0.25) is 0 Å². The van der Waals surface area contributed by atoms with E-state index in [4.69, 9.17) is 16.7 Å². The monoisotopic (exact) mass is 303 g/mol. The number of carbonyl (C=O) groups is 1. The predicted molar refractivity (Wildman–Crippen MR) is 73.6 cm³/mol. The van der Waals surface area contributed by atoms with Crippen LogP contribution in [0.25, 0.3) is 6.08 Å². The highest BCUT2D eigenvalue weighted by molar-refractivity contribution is 7.89. The standard InChI is InChI=1S/C12H14ClNO4S/c1-8(2)14-19(17,18)11-5-3-9(7-10(11)13)4-6-12(15)16/h3-8,14H,1-2H3,(H,15,16)/b6-4+. The van der Waals surface area contributed by atoms with Crippen LogP contribution in [0.2, 0.25) is 5.02 Å². The second-order valence-electron chi connectivity index (χ2n) is 4.14. The molecule has 19 heavy (non-hydrogen) atoms. The van der Waals surface area contributed by atoms with Gasteiger partial charge in [-0.05, 0) is 37.6 Å². The SMILES string of the molecule is CC(C)NS(=O)(=O)c1ccc(/C=C/C(=O)O)cc1Cl. The topological polar surface area (TPSA) is 83.5 Å². The maximum absolute atomic E-state index is 11.9. The molecule has 104 valence electrons. The van der Waals surface area contributed by atoms with Crippen molar-refractivity contribution in [3.8, 4) is 0 Å². The first kappa shape index (κ1) is 15.7. The Balaban J connectivity index is 3.11. The summed E-state index contributed by atoms with van der Waals surface area (Å²) in [6.07, 6.45) is 2.28. The van der Waals surface area contributed by atoms with Crippen LogP contribution in [-0.4, -0.2) is 25.5 Å². The summed E-state index contributed by atoms with van der Waals surface area (Å²) in [5, 5.41) is 8.54. The van der Waals surface area contributed by atoms with Crippen molar-refractivity contribution in [1.82, 2.24) is 4.72 Å². The number of nitrogens with one attached hydrogen (secondary N) is 1. The van der Waals surface area contributed by atoms with Crippen LogP contribution >= 0.6 is 11.6 Å². The lowest BCUT2D eigenvalue weighted by atomic mass is 10.2. The molecule has 0 heterocycles. The van der Waals surface area contributed by atoms with Gasteiger partial charge in [0, 0.05) is 12.1 Å². The fraction of sp³-hybridized carbons (Fsp3) is 0.250. The van der Waals surface area contributed by atoms with Crippen LogP contribution in [-0.2, 0) is 14.8 Å². The number of benzene rings is 1. The van der Waals surface area contributed by atoms with Crippen molar-refractivity contribution in [2.75, 3.05) is 0 Å². The van der Waals surface area contributed by atoms with Gasteiger partial charge >= 0.3 is 5.97 Å². The third-order valence-corrected chi connectivity index (χ3v) is 4.20. The molecule has 0 saturated carbocycles. The van der Waals surface area contributed by atoms with Gasteiger partial charge in [0.2, 0.25) is 10.0 Å². The fourth-order valence-corrected chi connectivity index (χ4v) is 3.18. The molecule has 0 fully saturated rings. The average molecular weight is 304 g/mol. The predicted octanol–water partition coefficient (Wildman–Crippen LogP) is 2.12. The van der Waals surface area contributed by atoms with Gasteiger partial charge in [0.1, 0.15) is 4.90 Å². The maximum Gasteiger partial charge on any atom is 0.328 e. The number of rotatable bonds is 5. The summed E-state index contributed by atoms with van der Waals surface area (Å²) < 4.78 is 26.3. The van der Waals surface area contributed by atoms with Gasteiger partial charge in [0.15, 0.2) is 0 Å². The number of halogens is 1. The molecular weight excluding hydrogens is 290 g/mol. The summed E-state index contributed by atoms with van der Waals surface area (Å²) in [5.41, 5.74) is 0.510. The Morgan fingerprint density at radius 3 is 2.53 bits per heavy atom. The molecule has 0 bridgehead atoms. The van der Waals surface area contributed by atoms with E-state index in [0.29, 0.717) is 5.56 Å². The van der Waals surface area contributed by atoms with E-state index in [1.165, 1.54) is 24.3 Å². The van der Waals surface area contributed by atoms with Crippen LogP contribution in [0, 0.1) is 0 Å². The first-order valence-corrected chi connectivity index (χ1v) is 7.31. The summed E-state index contributed by atoms with van der Waals surface area (Å²) in [4.78, 5) is 10.3. The second-order valence-corrected chi connectivity index (χ2v) is 6.23. The van der Waals surface area contributed by atoms with Crippen molar-refractivity contribution in [2.45, 2.75) is 24.8 Å². The Morgan fingerprint density at radius 1 is 1.42 bits per heavy atom. The zero-order valence-corrected chi connectivity index (χ0v) is 12.0. The van der Waals surface area contributed by atoms with Crippen molar-refractivity contribution in [2.24, 2.45) is 0 Å². The second kappa shape index (κ2) is 6.18. The highest BCUT2D eigenvalue weighted by Gasteiger charge is 2.18. The van der Waals surface area contributed by atoms with Gasteiger partial charge in [0.25, 0.3) is 0 Å². The minimum Gasteiger partial charge on any atom is -0.478 e. The van der Waals surface area contributed by atoms with Crippen LogP contribution in [0.1, 0.15) is 19.4 Å². The van der Waals surface area contributed by atoms with Crippen molar-refractivity contribution in [3.05, 3.63) is 34.9 Å². The van der Waals surface area contributed by atoms with Crippen LogP contribution in [0.3, 0.4) is 0 Å². The van der Waals surface area contributed by atoms with Crippen LogP contribution in [0.15, 0.2) is 29.2 Å². The Morgan fingerprint density at radius 2 is 2.05 bits per heavy atom. The molecule has 0 aliphatic rings. The average Bonchev–Trinajstić information content (AvgIpc) is 2.24. The quantitative estimate of drug-likeness (QED) is 0.816. The van der Waals surface area contributed by atoms with Crippen LogP contribution in [0.4, 0.5) is 0 Å². The zero-order chi connectivity index (χ0) is 14.6. The maximum atomic E-state index is 11.9. The Kier molecular flexibility index (Phi) is 5.11. The molecule has 0 aliphatic carbocycles. The Labute approximate surface area is 117 Å². The van der Waals surface area contributed by atoms with Gasteiger partial charge in [-0.2, -0.15) is 0 Å². The largest absolute Gasteiger partial charge is 0.478 e. The summed E-state index contributed by atoms with van der Waals surface area (Å²) in [7, 11) is -3.66. The van der Waals surface area contributed by atoms with Gasteiger partial charge in [-0.15, -0.1) is 0 Å². The highest BCUT2D eigenvalue weighted by atomic mass is 35.5. The molecule has 5 nitrogen and oxygen atoms in total. The van der Waals surface area contributed by atoms with Crippen molar-refractivity contribution < 1.29 is 18.3 Å². The molecule has 1 rings (SSSR count). The van der Waals surface area contributed by atoms with E-state index in [2.05, 4.69) is 4.72 Å². The highest BCUT2D eigenvalue weighted by Crippen LogP contribution is 2.23. The van der Waals surface area contributed by atoms with E-state index in [9.17, 15) is 13.2 Å². The number of hydrogen-bond acceptors (Lipinski definition) is 3. The molecule has 1 aromatic carbocycles. The molecule has 0 spiro atoms. The van der Waals surface area contributed by atoms with Crippen molar-refractivity contribution in [1.29, 1.82) is 0 Å². The van der Waals surface area contributed by atoms with Crippen LogP contribution < -0.4 is 4.72 Å². The molecule has 0 unspecified atom stereocenters. The van der Waals surface area contributed by atoms with E-state index in [1.807, 2.05) is 0 Å². The van der Waals surface area contributed by atoms with Crippen molar-refractivity contribution in [3.63, 3.8) is 0 Å². The molecule has 7 heteroatoms.